The first-order chi connectivity index (χ1) is 8.63. The van der Waals surface area contributed by atoms with Crippen molar-refractivity contribution in [2.45, 2.75) is 12.8 Å². The second kappa shape index (κ2) is 5.99. The Morgan fingerprint density at radius 3 is 2.67 bits per heavy atom. The molecule has 0 aliphatic carbocycles. The molecule has 1 aliphatic heterocycles. The predicted molar refractivity (Wildman–Crippen MR) is 82.1 cm³/mol. The lowest BCUT2D eigenvalue weighted by molar-refractivity contribution is 0.203. The summed E-state index contributed by atoms with van der Waals surface area (Å²) >= 11 is 8.64. The van der Waals surface area contributed by atoms with Gasteiger partial charge >= 0.3 is 0 Å². The Hall–Kier alpha value is -0.650. The Kier molecular flexibility index (Phi) is 4.59. The zero-order valence-corrected chi connectivity index (χ0v) is 12.5. The highest BCUT2D eigenvalue weighted by molar-refractivity contribution is 9.10. The number of nitrogens with two attached hydrogens (primary N) is 1. The zero-order chi connectivity index (χ0) is 13.1. The van der Waals surface area contributed by atoms with Crippen molar-refractivity contribution in [1.29, 1.82) is 0 Å². The fourth-order valence-corrected chi connectivity index (χ4v) is 3.29. The molecule has 2 rings (SSSR count). The largest absolute Gasteiger partial charge is 0.396 e. The standard InChI is InChI=1S/C13H17BrN2OS/c14-10-2-1-3-11(12(10)13(15)18)16-6-4-9(8-17)5-7-16/h1-3,9,17H,4-8H2,(H2,15,18). The molecule has 1 aliphatic rings. The van der Waals surface area contributed by atoms with Gasteiger partial charge in [-0.25, -0.2) is 0 Å². The van der Waals surface area contributed by atoms with Crippen molar-refractivity contribution in [2.75, 3.05) is 24.6 Å². The summed E-state index contributed by atoms with van der Waals surface area (Å²) in [5.41, 5.74) is 7.81. The normalized spacial score (nSPS) is 16.9. The maximum absolute atomic E-state index is 9.17. The number of piperidine rings is 1. The number of hydrogen-bond acceptors (Lipinski definition) is 3. The Labute approximate surface area is 121 Å². The summed E-state index contributed by atoms with van der Waals surface area (Å²) in [7, 11) is 0. The molecule has 98 valence electrons. The molecule has 1 aromatic carbocycles. The summed E-state index contributed by atoms with van der Waals surface area (Å²) in [6, 6.07) is 6.01. The Morgan fingerprint density at radius 1 is 1.44 bits per heavy atom. The van der Waals surface area contributed by atoms with E-state index in [-0.39, 0.29) is 6.61 Å². The van der Waals surface area contributed by atoms with Gasteiger partial charge in [-0.3, -0.25) is 0 Å². The lowest BCUT2D eigenvalue weighted by Crippen LogP contribution is -2.36. The van der Waals surface area contributed by atoms with Gasteiger partial charge in [0.2, 0.25) is 0 Å². The third-order valence-electron chi connectivity index (χ3n) is 3.45. The van der Waals surface area contributed by atoms with Crippen LogP contribution in [-0.2, 0) is 0 Å². The molecular formula is C13H17BrN2OS. The number of halogens is 1. The second-order valence-corrected chi connectivity index (χ2v) is 5.91. The summed E-state index contributed by atoms with van der Waals surface area (Å²) in [4.78, 5) is 2.72. The first-order valence-electron chi connectivity index (χ1n) is 6.07. The zero-order valence-electron chi connectivity index (χ0n) is 10.1. The van der Waals surface area contributed by atoms with Crippen molar-refractivity contribution in [2.24, 2.45) is 11.7 Å². The van der Waals surface area contributed by atoms with E-state index in [1.807, 2.05) is 12.1 Å². The van der Waals surface area contributed by atoms with Crippen LogP contribution in [0.25, 0.3) is 0 Å². The summed E-state index contributed by atoms with van der Waals surface area (Å²) < 4.78 is 0.941. The number of aliphatic hydroxyl groups excluding tert-OH is 1. The van der Waals surface area contributed by atoms with Gasteiger partial charge in [0.15, 0.2) is 0 Å². The smallest absolute Gasteiger partial charge is 0.107 e. The van der Waals surface area contributed by atoms with Crippen molar-refractivity contribution < 1.29 is 5.11 Å². The van der Waals surface area contributed by atoms with E-state index in [1.54, 1.807) is 0 Å². The molecule has 0 bridgehead atoms. The van der Waals surface area contributed by atoms with E-state index >= 15 is 0 Å². The van der Waals surface area contributed by atoms with Crippen LogP contribution in [0.2, 0.25) is 0 Å². The van der Waals surface area contributed by atoms with E-state index in [0.717, 1.165) is 41.7 Å². The Morgan fingerprint density at radius 2 is 2.11 bits per heavy atom. The minimum Gasteiger partial charge on any atom is -0.396 e. The topological polar surface area (TPSA) is 49.5 Å². The van der Waals surface area contributed by atoms with E-state index in [4.69, 9.17) is 23.1 Å². The highest BCUT2D eigenvalue weighted by Gasteiger charge is 2.21. The number of aliphatic hydroxyl groups is 1. The van der Waals surface area contributed by atoms with Crippen LogP contribution in [-0.4, -0.2) is 29.8 Å². The summed E-state index contributed by atoms with van der Waals surface area (Å²) in [6.45, 7) is 2.17. The molecule has 1 heterocycles. The van der Waals surface area contributed by atoms with Crippen LogP contribution < -0.4 is 10.6 Å². The van der Waals surface area contributed by atoms with Crippen molar-refractivity contribution in [3.8, 4) is 0 Å². The van der Waals surface area contributed by atoms with Crippen LogP contribution >= 0.6 is 28.1 Å². The number of anilines is 1. The molecule has 0 radical (unpaired) electrons. The van der Waals surface area contributed by atoms with Crippen LogP contribution in [0.1, 0.15) is 18.4 Å². The molecule has 18 heavy (non-hydrogen) atoms. The molecule has 1 fully saturated rings. The number of nitrogens with zero attached hydrogens (tertiary/aromatic N) is 1. The van der Waals surface area contributed by atoms with Gasteiger partial charge in [-0.2, -0.15) is 0 Å². The maximum atomic E-state index is 9.17. The molecule has 3 N–H and O–H groups in total. The van der Waals surface area contributed by atoms with Crippen molar-refractivity contribution in [3.05, 3.63) is 28.2 Å². The van der Waals surface area contributed by atoms with Gasteiger partial charge in [-0.15, -0.1) is 0 Å². The minimum absolute atomic E-state index is 0.286. The molecule has 0 amide bonds. The van der Waals surface area contributed by atoms with Crippen LogP contribution in [0, 0.1) is 5.92 Å². The predicted octanol–water partition coefficient (Wildman–Crippen LogP) is 2.29. The Balaban J connectivity index is 2.24. The first-order valence-corrected chi connectivity index (χ1v) is 7.27. The summed E-state index contributed by atoms with van der Waals surface area (Å²) in [6.07, 6.45) is 2.03. The van der Waals surface area contributed by atoms with E-state index in [1.165, 1.54) is 0 Å². The van der Waals surface area contributed by atoms with Gasteiger partial charge in [-0.05, 0) is 46.8 Å². The average Bonchev–Trinajstić information content (AvgIpc) is 2.38. The fourth-order valence-electron chi connectivity index (χ4n) is 2.38. The summed E-state index contributed by atoms with van der Waals surface area (Å²) in [5.74, 6) is 0.432. The number of thiocarbonyl (C=S) groups is 1. The number of benzene rings is 1. The van der Waals surface area contributed by atoms with Gasteiger partial charge in [-0.1, -0.05) is 18.3 Å². The van der Waals surface area contributed by atoms with E-state index in [0.29, 0.717) is 10.9 Å². The van der Waals surface area contributed by atoms with Crippen LogP contribution in [0.15, 0.2) is 22.7 Å². The second-order valence-electron chi connectivity index (χ2n) is 4.61. The third-order valence-corrected chi connectivity index (χ3v) is 4.32. The van der Waals surface area contributed by atoms with Crippen molar-refractivity contribution >= 4 is 38.8 Å². The summed E-state index contributed by atoms with van der Waals surface area (Å²) in [5, 5.41) is 9.17. The molecule has 0 atom stereocenters. The Bertz CT molecular complexity index is 445. The molecule has 1 saturated heterocycles. The van der Waals surface area contributed by atoms with Gasteiger partial charge in [0.25, 0.3) is 0 Å². The van der Waals surface area contributed by atoms with E-state index < -0.39 is 0 Å². The SMILES string of the molecule is NC(=S)c1c(Br)cccc1N1CCC(CO)CC1. The van der Waals surface area contributed by atoms with Crippen LogP contribution in [0.4, 0.5) is 5.69 Å². The van der Waals surface area contributed by atoms with Gasteiger partial charge in [0, 0.05) is 35.4 Å². The van der Waals surface area contributed by atoms with E-state index in [9.17, 15) is 0 Å². The van der Waals surface area contributed by atoms with E-state index in [2.05, 4.69) is 26.9 Å². The monoisotopic (exact) mass is 328 g/mol. The molecule has 5 heteroatoms. The highest BCUT2D eigenvalue weighted by atomic mass is 79.9. The van der Waals surface area contributed by atoms with Gasteiger partial charge in [0.1, 0.15) is 4.99 Å². The molecule has 3 nitrogen and oxygen atoms in total. The quantitative estimate of drug-likeness (QED) is 0.836. The van der Waals surface area contributed by atoms with Crippen molar-refractivity contribution in [1.82, 2.24) is 0 Å². The maximum Gasteiger partial charge on any atom is 0.107 e. The molecule has 0 saturated carbocycles. The van der Waals surface area contributed by atoms with Gasteiger partial charge < -0.3 is 15.7 Å². The lowest BCUT2D eigenvalue weighted by atomic mass is 9.97. The molecular weight excluding hydrogens is 312 g/mol. The average molecular weight is 329 g/mol. The van der Waals surface area contributed by atoms with Crippen molar-refractivity contribution in [3.63, 3.8) is 0 Å². The molecule has 0 aromatic heterocycles. The third kappa shape index (κ3) is 2.84. The first kappa shape index (κ1) is 13.8. The molecule has 1 aromatic rings. The lowest BCUT2D eigenvalue weighted by Gasteiger charge is -2.34. The molecule has 0 spiro atoms. The van der Waals surface area contributed by atoms with Crippen LogP contribution in [0.3, 0.4) is 0 Å². The molecule has 0 unspecified atom stereocenters. The van der Waals surface area contributed by atoms with Gasteiger partial charge in [0.05, 0.1) is 0 Å². The fraction of sp³-hybridized carbons (Fsp3) is 0.462. The van der Waals surface area contributed by atoms with Crippen LogP contribution in [0.5, 0.6) is 0 Å². The number of hydrogen-bond donors (Lipinski definition) is 2. The minimum atomic E-state index is 0.286. The highest BCUT2D eigenvalue weighted by Crippen LogP contribution is 2.30. The number of rotatable bonds is 3.